The van der Waals surface area contributed by atoms with Crippen LogP contribution in [0.2, 0.25) is 5.02 Å². The van der Waals surface area contributed by atoms with Crippen molar-refractivity contribution in [3.8, 4) is 17.0 Å². The summed E-state index contributed by atoms with van der Waals surface area (Å²) in [6.07, 6.45) is 0. The number of nitrogens with zero attached hydrogens (tertiary/aromatic N) is 1. The molecule has 4 rings (SSSR count). The van der Waals surface area contributed by atoms with Gasteiger partial charge in [-0.25, -0.2) is 0 Å². The maximum Gasteiger partial charge on any atom is 0.116 e. The van der Waals surface area contributed by atoms with E-state index >= 15 is 0 Å². The molecule has 0 amide bonds. The summed E-state index contributed by atoms with van der Waals surface area (Å²) < 4.78 is 2.31. The molecule has 0 fully saturated rings. The molecule has 0 aliphatic carbocycles. The molecule has 2 nitrogen and oxygen atoms in total. The van der Waals surface area contributed by atoms with Crippen LogP contribution in [0.4, 0.5) is 0 Å². The van der Waals surface area contributed by atoms with E-state index in [4.69, 9.17) is 11.6 Å². The van der Waals surface area contributed by atoms with Gasteiger partial charge in [0.05, 0.1) is 5.69 Å². The van der Waals surface area contributed by atoms with E-state index in [1.165, 1.54) is 5.56 Å². The SMILES string of the molecule is Cc1c(-c2ccc(Cl)cc2)n(Cc2ccccc2)c2ccc(O)cc12. The van der Waals surface area contributed by atoms with E-state index in [-0.39, 0.29) is 5.75 Å². The number of phenolic OH excluding ortho intramolecular Hbond substituents is 1. The van der Waals surface area contributed by atoms with Crippen molar-refractivity contribution in [2.24, 2.45) is 0 Å². The van der Waals surface area contributed by atoms with Gasteiger partial charge in [0.25, 0.3) is 0 Å². The van der Waals surface area contributed by atoms with Gasteiger partial charge in [0.1, 0.15) is 5.75 Å². The number of halogens is 1. The van der Waals surface area contributed by atoms with Crippen molar-refractivity contribution in [1.82, 2.24) is 4.57 Å². The van der Waals surface area contributed by atoms with E-state index in [2.05, 4.69) is 35.8 Å². The van der Waals surface area contributed by atoms with Gasteiger partial charge in [-0.15, -0.1) is 0 Å². The zero-order chi connectivity index (χ0) is 17.4. The van der Waals surface area contributed by atoms with Crippen molar-refractivity contribution in [2.45, 2.75) is 13.5 Å². The molecule has 0 aliphatic rings. The highest BCUT2D eigenvalue weighted by Gasteiger charge is 2.16. The van der Waals surface area contributed by atoms with E-state index in [0.29, 0.717) is 0 Å². The second-order valence-corrected chi connectivity index (χ2v) is 6.69. The van der Waals surface area contributed by atoms with Crippen molar-refractivity contribution in [1.29, 1.82) is 0 Å². The molecule has 4 aromatic rings. The van der Waals surface area contributed by atoms with Crippen LogP contribution in [0, 0.1) is 6.92 Å². The number of aromatic nitrogens is 1. The predicted molar refractivity (Wildman–Crippen MR) is 104 cm³/mol. The maximum absolute atomic E-state index is 9.92. The standard InChI is InChI=1S/C22H18ClNO/c1-15-20-13-19(25)11-12-21(20)24(14-16-5-3-2-4-6-16)22(15)17-7-9-18(23)10-8-17/h2-13,25H,14H2,1H3. The highest BCUT2D eigenvalue weighted by molar-refractivity contribution is 6.30. The first-order chi connectivity index (χ1) is 12.1. The topological polar surface area (TPSA) is 25.2 Å². The van der Waals surface area contributed by atoms with Crippen molar-refractivity contribution in [2.75, 3.05) is 0 Å². The fraction of sp³-hybridized carbons (Fsp3) is 0.0909. The molecule has 0 saturated carbocycles. The van der Waals surface area contributed by atoms with Crippen molar-refractivity contribution in [3.05, 3.63) is 88.9 Å². The maximum atomic E-state index is 9.92. The fourth-order valence-electron chi connectivity index (χ4n) is 3.42. The summed E-state index contributed by atoms with van der Waals surface area (Å²) in [5.41, 5.74) is 5.78. The summed E-state index contributed by atoms with van der Waals surface area (Å²) in [7, 11) is 0. The first-order valence-corrected chi connectivity index (χ1v) is 8.63. The summed E-state index contributed by atoms with van der Waals surface area (Å²) in [4.78, 5) is 0. The first-order valence-electron chi connectivity index (χ1n) is 8.25. The molecule has 1 aromatic heterocycles. The number of aryl methyl sites for hydroxylation is 1. The first kappa shape index (κ1) is 15.8. The van der Waals surface area contributed by atoms with Gasteiger partial charge in [-0.3, -0.25) is 0 Å². The number of benzene rings is 3. The second kappa shape index (κ2) is 6.30. The number of hydrogen-bond acceptors (Lipinski definition) is 1. The smallest absolute Gasteiger partial charge is 0.116 e. The van der Waals surface area contributed by atoms with E-state index in [1.54, 1.807) is 6.07 Å². The predicted octanol–water partition coefficient (Wildman–Crippen LogP) is 6.02. The molecule has 1 N–H and O–H groups in total. The summed E-state index contributed by atoms with van der Waals surface area (Å²) in [5.74, 6) is 0.287. The largest absolute Gasteiger partial charge is 0.508 e. The Kier molecular flexibility index (Phi) is 3.98. The Morgan fingerprint density at radius 1 is 0.920 bits per heavy atom. The number of fused-ring (bicyclic) bond motifs is 1. The Bertz CT molecular complexity index is 1030. The molecule has 124 valence electrons. The monoisotopic (exact) mass is 347 g/mol. The summed E-state index contributed by atoms with van der Waals surface area (Å²) in [5, 5.41) is 11.7. The molecule has 0 radical (unpaired) electrons. The molecular weight excluding hydrogens is 330 g/mol. The van der Waals surface area contributed by atoms with E-state index in [1.807, 2.05) is 42.5 Å². The Morgan fingerprint density at radius 3 is 2.36 bits per heavy atom. The molecule has 25 heavy (non-hydrogen) atoms. The summed E-state index contributed by atoms with van der Waals surface area (Å²) in [6.45, 7) is 2.88. The van der Waals surface area contributed by atoms with Gasteiger partial charge in [0.2, 0.25) is 0 Å². The van der Waals surface area contributed by atoms with E-state index in [0.717, 1.165) is 39.3 Å². The number of phenols is 1. The third-order valence-corrected chi connectivity index (χ3v) is 4.85. The average molecular weight is 348 g/mol. The zero-order valence-electron chi connectivity index (χ0n) is 13.9. The summed E-state index contributed by atoms with van der Waals surface area (Å²) >= 11 is 6.07. The second-order valence-electron chi connectivity index (χ2n) is 6.25. The van der Waals surface area contributed by atoms with Crippen LogP contribution in [-0.4, -0.2) is 9.67 Å². The zero-order valence-corrected chi connectivity index (χ0v) is 14.7. The molecular formula is C22H18ClNO. The third kappa shape index (κ3) is 2.90. The number of aromatic hydroxyl groups is 1. The lowest BCUT2D eigenvalue weighted by atomic mass is 10.1. The minimum Gasteiger partial charge on any atom is -0.508 e. The molecule has 0 saturated heterocycles. The third-order valence-electron chi connectivity index (χ3n) is 4.60. The van der Waals surface area contributed by atoms with Crippen LogP contribution in [0.15, 0.2) is 72.8 Å². The lowest BCUT2D eigenvalue weighted by Gasteiger charge is -2.12. The molecule has 0 atom stereocenters. The Balaban J connectivity index is 1.97. The molecule has 0 bridgehead atoms. The van der Waals surface area contributed by atoms with Gasteiger partial charge < -0.3 is 9.67 Å². The van der Waals surface area contributed by atoms with Gasteiger partial charge in [-0.05, 0) is 53.9 Å². The molecule has 0 spiro atoms. The van der Waals surface area contributed by atoms with E-state index in [9.17, 15) is 5.11 Å². The minimum absolute atomic E-state index is 0.287. The minimum atomic E-state index is 0.287. The lowest BCUT2D eigenvalue weighted by Crippen LogP contribution is -2.02. The van der Waals surface area contributed by atoms with Crippen LogP contribution >= 0.6 is 11.6 Å². The van der Waals surface area contributed by atoms with Gasteiger partial charge >= 0.3 is 0 Å². The quantitative estimate of drug-likeness (QED) is 0.481. The number of rotatable bonds is 3. The Hall–Kier alpha value is -2.71. The van der Waals surface area contributed by atoms with Crippen LogP contribution in [0.25, 0.3) is 22.2 Å². The Morgan fingerprint density at radius 2 is 1.64 bits per heavy atom. The van der Waals surface area contributed by atoms with Crippen LogP contribution in [0.1, 0.15) is 11.1 Å². The van der Waals surface area contributed by atoms with Crippen LogP contribution in [-0.2, 0) is 6.54 Å². The highest BCUT2D eigenvalue weighted by Crippen LogP contribution is 2.36. The molecule has 3 heteroatoms. The van der Waals surface area contributed by atoms with E-state index < -0.39 is 0 Å². The van der Waals surface area contributed by atoms with Crippen LogP contribution in [0.3, 0.4) is 0 Å². The van der Waals surface area contributed by atoms with Gasteiger partial charge in [-0.2, -0.15) is 0 Å². The van der Waals surface area contributed by atoms with Gasteiger partial charge in [0, 0.05) is 22.5 Å². The average Bonchev–Trinajstić information content (AvgIpc) is 2.88. The van der Waals surface area contributed by atoms with Crippen molar-refractivity contribution >= 4 is 22.5 Å². The molecule has 0 aliphatic heterocycles. The van der Waals surface area contributed by atoms with Gasteiger partial charge in [-0.1, -0.05) is 54.1 Å². The molecule has 0 unspecified atom stereocenters. The highest BCUT2D eigenvalue weighted by atomic mass is 35.5. The normalized spacial score (nSPS) is 11.1. The van der Waals surface area contributed by atoms with Gasteiger partial charge in [0.15, 0.2) is 0 Å². The Labute approximate surface area is 151 Å². The molecule has 3 aromatic carbocycles. The van der Waals surface area contributed by atoms with Crippen LogP contribution in [0.5, 0.6) is 5.75 Å². The van der Waals surface area contributed by atoms with Crippen molar-refractivity contribution in [3.63, 3.8) is 0 Å². The molecule has 1 heterocycles. The summed E-state index contributed by atoms with van der Waals surface area (Å²) in [6, 6.07) is 23.9. The fourth-order valence-corrected chi connectivity index (χ4v) is 3.55. The number of hydrogen-bond donors (Lipinski definition) is 1. The lowest BCUT2D eigenvalue weighted by molar-refractivity contribution is 0.476. The van der Waals surface area contributed by atoms with Crippen LogP contribution < -0.4 is 0 Å². The van der Waals surface area contributed by atoms with Crippen molar-refractivity contribution < 1.29 is 5.11 Å².